The Kier molecular flexibility index (Phi) is 4.99. The van der Waals surface area contributed by atoms with Crippen LogP contribution in [0.1, 0.15) is 16.1 Å². The number of halogens is 1. The molecule has 2 N–H and O–H groups in total. The first-order valence-electron chi connectivity index (χ1n) is 6.03. The number of hydrogen-bond acceptors (Lipinski definition) is 4. The third kappa shape index (κ3) is 3.85. The summed E-state index contributed by atoms with van der Waals surface area (Å²) in [7, 11) is 3.13. The Hall–Kier alpha value is -2.28. The van der Waals surface area contributed by atoms with Gasteiger partial charge in [0.2, 0.25) is 0 Å². The summed E-state index contributed by atoms with van der Waals surface area (Å²) in [5.74, 6) is 0.911. The van der Waals surface area contributed by atoms with E-state index in [4.69, 9.17) is 9.47 Å². The number of amides is 1. The molecule has 0 saturated heterocycles. The zero-order chi connectivity index (χ0) is 15.2. The van der Waals surface area contributed by atoms with Crippen LogP contribution >= 0.6 is 15.9 Å². The monoisotopic (exact) mass is 351 g/mol. The van der Waals surface area contributed by atoms with Gasteiger partial charge in [-0.1, -0.05) is 0 Å². The van der Waals surface area contributed by atoms with Gasteiger partial charge in [0.1, 0.15) is 5.69 Å². The predicted molar refractivity (Wildman–Crippen MR) is 83.1 cm³/mol. The van der Waals surface area contributed by atoms with Crippen molar-refractivity contribution in [3.8, 4) is 11.5 Å². The van der Waals surface area contributed by atoms with Gasteiger partial charge in [0.05, 0.1) is 20.4 Å². The maximum absolute atomic E-state index is 11.8. The molecule has 0 fully saturated rings. The van der Waals surface area contributed by atoms with Crippen molar-refractivity contribution < 1.29 is 14.3 Å². The zero-order valence-corrected chi connectivity index (χ0v) is 13.1. The van der Waals surface area contributed by atoms with Gasteiger partial charge in [0.15, 0.2) is 11.5 Å². The standard InChI is InChI=1S/C14H14BrN3O3/c1-20-12-4-3-9(5-13(12)21-2)7-17-18-14(19)11-6-10(15)8-16-11/h3-8,16H,1-2H3,(H,18,19)/b17-7-. The number of hydrazone groups is 1. The fourth-order valence-electron chi connectivity index (χ4n) is 1.66. The molecule has 0 aliphatic heterocycles. The largest absolute Gasteiger partial charge is 0.493 e. The van der Waals surface area contributed by atoms with Crippen LogP contribution in [0.4, 0.5) is 0 Å². The minimum absolute atomic E-state index is 0.322. The van der Waals surface area contributed by atoms with E-state index >= 15 is 0 Å². The van der Waals surface area contributed by atoms with Gasteiger partial charge in [0, 0.05) is 10.7 Å². The number of nitrogens with one attached hydrogen (secondary N) is 2. The van der Waals surface area contributed by atoms with Crippen molar-refractivity contribution in [2.24, 2.45) is 5.10 Å². The highest BCUT2D eigenvalue weighted by Crippen LogP contribution is 2.26. The van der Waals surface area contributed by atoms with E-state index in [1.165, 1.54) is 6.21 Å². The number of ether oxygens (including phenoxy) is 2. The van der Waals surface area contributed by atoms with Crippen molar-refractivity contribution in [3.63, 3.8) is 0 Å². The van der Waals surface area contributed by atoms with Gasteiger partial charge in [-0.05, 0) is 45.8 Å². The highest BCUT2D eigenvalue weighted by molar-refractivity contribution is 9.10. The van der Waals surface area contributed by atoms with Gasteiger partial charge in [0.25, 0.3) is 5.91 Å². The highest BCUT2D eigenvalue weighted by atomic mass is 79.9. The van der Waals surface area contributed by atoms with E-state index < -0.39 is 0 Å². The molecule has 0 bridgehead atoms. The number of methoxy groups -OCH3 is 2. The van der Waals surface area contributed by atoms with Crippen LogP contribution in [0, 0.1) is 0 Å². The number of H-pyrrole nitrogens is 1. The molecule has 0 unspecified atom stereocenters. The average Bonchev–Trinajstić information content (AvgIpc) is 2.93. The van der Waals surface area contributed by atoms with Crippen LogP contribution in [0.15, 0.2) is 40.0 Å². The van der Waals surface area contributed by atoms with E-state index in [2.05, 4.69) is 31.4 Å². The third-order valence-electron chi connectivity index (χ3n) is 2.68. The molecule has 7 heteroatoms. The fourth-order valence-corrected chi connectivity index (χ4v) is 2.00. The normalized spacial score (nSPS) is 10.6. The number of hydrogen-bond donors (Lipinski definition) is 2. The molecule has 0 saturated carbocycles. The number of aromatic nitrogens is 1. The molecule has 1 amide bonds. The molecule has 0 aliphatic carbocycles. The highest BCUT2D eigenvalue weighted by Gasteiger charge is 2.06. The number of benzene rings is 1. The Morgan fingerprint density at radius 3 is 2.67 bits per heavy atom. The van der Waals surface area contributed by atoms with Gasteiger partial charge in [-0.3, -0.25) is 4.79 Å². The molecular formula is C14H14BrN3O3. The molecule has 2 aromatic rings. The fraction of sp³-hybridized carbons (Fsp3) is 0.143. The lowest BCUT2D eigenvalue weighted by Crippen LogP contribution is -2.17. The predicted octanol–water partition coefficient (Wildman–Crippen LogP) is 2.56. The van der Waals surface area contributed by atoms with Crippen LogP contribution in [0.2, 0.25) is 0 Å². The van der Waals surface area contributed by atoms with Crippen molar-refractivity contribution >= 4 is 28.1 Å². The molecule has 6 nitrogen and oxygen atoms in total. The molecule has 1 aromatic heterocycles. The number of carbonyl (C=O) groups is 1. The molecule has 1 aromatic carbocycles. The summed E-state index contributed by atoms with van der Waals surface area (Å²) in [6.45, 7) is 0. The average molecular weight is 352 g/mol. The molecule has 2 rings (SSSR count). The number of rotatable bonds is 5. The summed E-state index contributed by atoms with van der Waals surface area (Å²) >= 11 is 3.26. The van der Waals surface area contributed by atoms with Crippen molar-refractivity contribution in [3.05, 3.63) is 46.2 Å². The molecule has 110 valence electrons. The second-order valence-electron chi connectivity index (χ2n) is 4.05. The van der Waals surface area contributed by atoms with Crippen molar-refractivity contribution in [2.75, 3.05) is 14.2 Å². The van der Waals surface area contributed by atoms with Gasteiger partial charge < -0.3 is 14.5 Å². The second kappa shape index (κ2) is 6.94. The van der Waals surface area contributed by atoms with E-state index in [-0.39, 0.29) is 5.91 Å². The van der Waals surface area contributed by atoms with Gasteiger partial charge in [-0.25, -0.2) is 5.43 Å². The summed E-state index contributed by atoms with van der Waals surface area (Å²) in [6, 6.07) is 7.01. The van der Waals surface area contributed by atoms with Gasteiger partial charge in [-0.15, -0.1) is 0 Å². The van der Waals surface area contributed by atoms with Crippen LogP contribution in [0.25, 0.3) is 0 Å². The van der Waals surface area contributed by atoms with E-state index in [1.807, 2.05) is 6.07 Å². The lowest BCUT2D eigenvalue weighted by molar-refractivity contribution is 0.0951. The first-order valence-corrected chi connectivity index (χ1v) is 6.82. The summed E-state index contributed by atoms with van der Waals surface area (Å²) in [4.78, 5) is 14.6. The molecule has 0 aliphatic rings. The van der Waals surface area contributed by atoms with Crippen LogP contribution < -0.4 is 14.9 Å². The maximum Gasteiger partial charge on any atom is 0.287 e. The first kappa shape index (κ1) is 15.1. The Bertz CT molecular complexity index is 667. The Morgan fingerprint density at radius 1 is 1.29 bits per heavy atom. The first-order chi connectivity index (χ1) is 10.1. The van der Waals surface area contributed by atoms with Gasteiger partial charge >= 0.3 is 0 Å². The Morgan fingerprint density at radius 2 is 2.05 bits per heavy atom. The quantitative estimate of drug-likeness (QED) is 0.642. The lowest BCUT2D eigenvalue weighted by Gasteiger charge is -2.07. The molecular weight excluding hydrogens is 338 g/mol. The van der Waals surface area contributed by atoms with Crippen LogP contribution in [-0.2, 0) is 0 Å². The lowest BCUT2D eigenvalue weighted by atomic mass is 10.2. The molecule has 21 heavy (non-hydrogen) atoms. The van der Waals surface area contributed by atoms with Crippen LogP contribution in [-0.4, -0.2) is 31.3 Å². The van der Waals surface area contributed by atoms with Crippen molar-refractivity contribution in [1.82, 2.24) is 10.4 Å². The minimum atomic E-state index is -0.322. The van der Waals surface area contributed by atoms with Crippen molar-refractivity contribution in [2.45, 2.75) is 0 Å². The maximum atomic E-state index is 11.8. The summed E-state index contributed by atoms with van der Waals surface area (Å²) in [5.41, 5.74) is 3.63. The molecule has 0 radical (unpaired) electrons. The summed E-state index contributed by atoms with van der Waals surface area (Å²) < 4.78 is 11.1. The summed E-state index contributed by atoms with van der Waals surface area (Å²) in [6.07, 6.45) is 3.20. The number of aromatic amines is 1. The topological polar surface area (TPSA) is 75.7 Å². The van der Waals surface area contributed by atoms with E-state index in [1.54, 1.807) is 38.6 Å². The van der Waals surface area contributed by atoms with E-state index in [9.17, 15) is 4.79 Å². The van der Waals surface area contributed by atoms with Crippen molar-refractivity contribution in [1.29, 1.82) is 0 Å². The number of nitrogens with zero attached hydrogens (tertiary/aromatic N) is 1. The third-order valence-corrected chi connectivity index (χ3v) is 3.14. The molecule has 0 spiro atoms. The molecule has 0 atom stereocenters. The minimum Gasteiger partial charge on any atom is -0.493 e. The van der Waals surface area contributed by atoms with Crippen LogP contribution in [0.3, 0.4) is 0 Å². The zero-order valence-electron chi connectivity index (χ0n) is 11.5. The number of carbonyl (C=O) groups excluding carboxylic acids is 1. The second-order valence-corrected chi connectivity index (χ2v) is 4.96. The Labute approximate surface area is 130 Å². The molecule has 1 heterocycles. The smallest absolute Gasteiger partial charge is 0.287 e. The van der Waals surface area contributed by atoms with Gasteiger partial charge in [-0.2, -0.15) is 5.10 Å². The summed E-state index contributed by atoms with van der Waals surface area (Å²) in [5, 5.41) is 3.90. The van der Waals surface area contributed by atoms with E-state index in [0.717, 1.165) is 10.0 Å². The van der Waals surface area contributed by atoms with Crippen LogP contribution in [0.5, 0.6) is 11.5 Å². The van der Waals surface area contributed by atoms with E-state index in [0.29, 0.717) is 17.2 Å². The Balaban J connectivity index is 2.03. The SMILES string of the molecule is COc1ccc(/C=N\NC(=O)c2cc(Br)c[nH]2)cc1OC.